The van der Waals surface area contributed by atoms with Gasteiger partial charge in [0.25, 0.3) is 5.56 Å². The molecular formula is C22H18N6O2S. The van der Waals surface area contributed by atoms with Crippen LogP contribution in [-0.4, -0.2) is 30.7 Å². The minimum absolute atomic E-state index is 0.0316. The topological polar surface area (TPSA) is 119 Å². The van der Waals surface area contributed by atoms with Crippen molar-refractivity contribution in [3.63, 3.8) is 0 Å². The van der Waals surface area contributed by atoms with Gasteiger partial charge in [0.2, 0.25) is 5.78 Å². The number of nitriles is 1. The first-order chi connectivity index (χ1) is 14.9. The molecular weight excluding hydrogens is 412 g/mol. The Bertz CT molecular complexity index is 1470. The Balaban J connectivity index is 1.91. The molecule has 31 heavy (non-hydrogen) atoms. The number of fused-ring (bicyclic) bond motifs is 3. The van der Waals surface area contributed by atoms with Crippen LogP contribution >= 0.6 is 11.8 Å². The number of thioether (sulfide) groups is 1. The predicted molar refractivity (Wildman–Crippen MR) is 119 cm³/mol. The van der Waals surface area contributed by atoms with Crippen molar-refractivity contribution in [2.45, 2.75) is 19.0 Å². The molecule has 4 rings (SSSR count). The van der Waals surface area contributed by atoms with E-state index in [9.17, 15) is 9.59 Å². The van der Waals surface area contributed by atoms with Crippen molar-refractivity contribution in [2.24, 2.45) is 5.73 Å². The number of nitrogens with zero attached hydrogens (tertiary/aromatic N) is 5. The highest BCUT2D eigenvalue weighted by Gasteiger charge is 2.19. The van der Waals surface area contributed by atoms with Gasteiger partial charge in [-0.1, -0.05) is 36.0 Å². The average molecular weight is 430 g/mol. The first-order valence-electron chi connectivity index (χ1n) is 9.40. The number of carbonyl (C=O) groups is 1. The second-order valence-electron chi connectivity index (χ2n) is 7.00. The Kier molecular flexibility index (Phi) is 5.31. The third-order valence-corrected chi connectivity index (χ3v) is 5.70. The molecule has 0 unspecified atom stereocenters. The van der Waals surface area contributed by atoms with Gasteiger partial charge in [-0.05, 0) is 43.7 Å². The standard InChI is InChI=1S/C22H18N6O2S/c1-13-6-5-7-15(10-13)27-20(30)16-8-3-4-9-18(16)28-21(27)25-26-22(28)31-12-19(29)17(11-23)14(2)24/h3-10H,12,24H2,1-2H3/b17-14-. The van der Waals surface area contributed by atoms with E-state index in [1.54, 1.807) is 16.5 Å². The summed E-state index contributed by atoms with van der Waals surface area (Å²) in [6.45, 7) is 3.46. The number of hydrogen-bond acceptors (Lipinski definition) is 7. The Morgan fingerprint density at radius 2 is 1.97 bits per heavy atom. The molecule has 0 atom stereocenters. The van der Waals surface area contributed by atoms with Gasteiger partial charge in [-0.3, -0.25) is 14.0 Å². The molecule has 0 saturated carbocycles. The van der Waals surface area contributed by atoms with E-state index in [0.29, 0.717) is 27.5 Å². The van der Waals surface area contributed by atoms with Crippen LogP contribution in [0.4, 0.5) is 0 Å². The summed E-state index contributed by atoms with van der Waals surface area (Å²) in [4.78, 5) is 25.7. The number of allylic oxidation sites excluding steroid dienone is 2. The number of aryl methyl sites for hydroxylation is 1. The molecule has 0 spiro atoms. The van der Waals surface area contributed by atoms with Crippen molar-refractivity contribution < 1.29 is 4.79 Å². The van der Waals surface area contributed by atoms with Crippen molar-refractivity contribution in [2.75, 3.05) is 5.75 Å². The second-order valence-corrected chi connectivity index (χ2v) is 7.94. The summed E-state index contributed by atoms with van der Waals surface area (Å²) >= 11 is 1.14. The summed E-state index contributed by atoms with van der Waals surface area (Å²) < 4.78 is 3.26. The van der Waals surface area contributed by atoms with Crippen LogP contribution in [0.5, 0.6) is 0 Å². The fourth-order valence-electron chi connectivity index (χ4n) is 3.34. The molecule has 8 nitrogen and oxygen atoms in total. The van der Waals surface area contributed by atoms with Gasteiger partial charge in [-0.25, -0.2) is 4.57 Å². The summed E-state index contributed by atoms with van der Waals surface area (Å²) in [7, 11) is 0. The van der Waals surface area contributed by atoms with Crippen LogP contribution in [0.1, 0.15) is 12.5 Å². The molecule has 0 aliphatic heterocycles. The number of aromatic nitrogens is 4. The zero-order valence-corrected chi connectivity index (χ0v) is 17.7. The number of rotatable bonds is 5. The van der Waals surface area contributed by atoms with Crippen LogP contribution in [0.15, 0.2) is 69.8 Å². The monoisotopic (exact) mass is 430 g/mol. The maximum atomic E-state index is 13.3. The summed E-state index contributed by atoms with van der Waals surface area (Å²) in [5, 5.41) is 18.6. The number of ketones is 1. The number of para-hydroxylation sites is 1. The van der Waals surface area contributed by atoms with Gasteiger partial charge >= 0.3 is 0 Å². The predicted octanol–water partition coefficient (Wildman–Crippen LogP) is 2.76. The molecule has 0 saturated heterocycles. The van der Waals surface area contributed by atoms with Crippen LogP contribution < -0.4 is 11.3 Å². The summed E-state index contributed by atoms with van der Waals surface area (Å²) in [6, 6.07) is 16.6. The van der Waals surface area contributed by atoms with E-state index in [0.717, 1.165) is 17.3 Å². The maximum Gasteiger partial charge on any atom is 0.267 e. The zero-order valence-electron chi connectivity index (χ0n) is 16.9. The van der Waals surface area contributed by atoms with Crippen molar-refractivity contribution >= 4 is 34.2 Å². The van der Waals surface area contributed by atoms with Gasteiger partial charge < -0.3 is 5.73 Å². The van der Waals surface area contributed by atoms with E-state index >= 15 is 0 Å². The first kappa shape index (κ1) is 20.4. The molecule has 0 bridgehead atoms. The molecule has 2 N–H and O–H groups in total. The van der Waals surface area contributed by atoms with Crippen molar-refractivity contribution in [1.29, 1.82) is 5.26 Å². The van der Waals surface area contributed by atoms with Crippen LogP contribution in [0.2, 0.25) is 0 Å². The molecule has 9 heteroatoms. The van der Waals surface area contributed by atoms with Crippen LogP contribution in [-0.2, 0) is 4.79 Å². The van der Waals surface area contributed by atoms with E-state index in [2.05, 4.69) is 10.2 Å². The summed E-state index contributed by atoms with van der Waals surface area (Å²) in [5.74, 6) is -0.0771. The van der Waals surface area contributed by atoms with Gasteiger partial charge in [0, 0.05) is 5.70 Å². The summed E-state index contributed by atoms with van der Waals surface area (Å²) in [6.07, 6.45) is 0. The quantitative estimate of drug-likeness (QED) is 0.294. The lowest BCUT2D eigenvalue weighted by Gasteiger charge is -2.11. The maximum absolute atomic E-state index is 13.3. The fourth-order valence-corrected chi connectivity index (χ4v) is 4.16. The highest BCUT2D eigenvalue weighted by Crippen LogP contribution is 2.24. The van der Waals surface area contributed by atoms with Crippen LogP contribution in [0, 0.1) is 18.3 Å². The molecule has 0 fully saturated rings. The summed E-state index contributed by atoms with van der Waals surface area (Å²) in [5.41, 5.74) is 7.85. The number of Topliss-reactive ketones (excluding diaryl/α,β-unsaturated/α-hetero) is 1. The molecule has 154 valence electrons. The Hall–Kier alpha value is -3.90. The number of carbonyl (C=O) groups excluding carboxylic acids is 1. The third kappa shape index (κ3) is 3.58. The smallest absolute Gasteiger partial charge is 0.267 e. The van der Waals surface area contributed by atoms with E-state index in [-0.39, 0.29) is 28.4 Å². The molecule has 0 radical (unpaired) electrons. The van der Waals surface area contributed by atoms with E-state index in [4.69, 9.17) is 11.0 Å². The minimum atomic E-state index is -0.388. The molecule has 0 aliphatic carbocycles. The van der Waals surface area contributed by atoms with Gasteiger partial charge in [0.15, 0.2) is 10.9 Å². The van der Waals surface area contributed by atoms with Crippen molar-refractivity contribution in [3.8, 4) is 11.8 Å². The average Bonchev–Trinajstić information content (AvgIpc) is 3.16. The minimum Gasteiger partial charge on any atom is -0.401 e. The highest BCUT2D eigenvalue weighted by atomic mass is 32.2. The Morgan fingerprint density at radius 3 is 2.68 bits per heavy atom. The molecule has 2 aromatic heterocycles. The SMILES string of the molecule is C/C(N)=C(\C#N)C(=O)CSc1nnc2n(-c3cccc(C)c3)c(=O)c3ccccc3n12. The number of benzene rings is 2. The van der Waals surface area contributed by atoms with E-state index in [1.807, 2.05) is 49.4 Å². The van der Waals surface area contributed by atoms with Crippen LogP contribution in [0.25, 0.3) is 22.4 Å². The Labute approximate surface area is 181 Å². The van der Waals surface area contributed by atoms with Gasteiger partial charge in [-0.2, -0.15) is 5.26 Å². The van der Waals surface area contributed by atoms with Gasteiger partial charge in [0.05, 0.1) is 22.3 Å². The van der Waals surface area contributed by atoms with Gasteiger partial charge in [-0.15, -0.1) is 10.2 Å². The number of nitrogens with two attached hydrogens (primary N) is 1. The highest BCUT2D eigenvalue weighted by molar-refractivity contribution is 7.99. The van der Waals surface area contributed by atoms with Gasteiger partial charge in [0.1, 0.15) is 11.6 Å². The second kappa shape index (κ2) is 8.08. The van der Waals surface area contributed by atoms with Crippen LogP contribution in [0.3, 0.4) is 0 Å². The normalized spacial score (nSPS) is 12.0. The van der Waals surface area contributed by atoms with Crippen molar-refractivity contribution in [1.82, 2.24) is 19.2 Å². The van der Waals surface area contributed by atoms with E-state index < -0.39 is 0 Å². The fraction of sp³-hybridized carbons (Fsp3) is 0.136. The number of hydrogen-bond donors (Lipinski definition) is 1. The lowest BCUT2D eigenvalue weighted by Crippen LogP contribution is -2.22. The lowest BCUT2D eigenvalue weighted by atomic mass is 10.2. The Morgan fingerprint density at radius 1 is 1.19 bits per heavy atom. The van der Waals surface area contributed by atoms with Crippen molar-refractivity contribution in [3.05, 3.63) is 75.7 Å². The third-order valence-electron chi connectivity index (χ3n) is 4.77. The molecule has 2 aromatic carbocycles. The first-order valence-corrected chi connectivity index (χ1v) is 10.4. The lowest BCUT2D eigenvalue weighted by molar-refractivity contribution is -0.112. The largest absolute Gasteiger partial charge is 0.401 e. The van der Waals surface area contributed by atoms with E-state index in [1.165, 1.54) is 11.5 Å². The molecule has 4 aromatic rings. The molecule has 2 heterocycles. The zero-order chi connectivity index (χ0) is 22.1. The molecule has 0 amide bonds. The molecule has 0 aliphatic rings.